The maximum Gasteiger partial charge on any atom is 0.252 e. The molecule has 0 saturated heterocycles. The zero-order valence-electron chi connectivity index (χ0n) is 35.7. The van der Waals surface area contributed by atoms with Crippen molar-refractivity contribution in [1.29, 1.82) is 0 Å². The lowest BCUT2D eigenvalue weighted by Crippen LogP contribution is -2.59. The summed E-state index contributed by atoms with van der Waals surface area (Å²) in [6.45, 7) is 0.157. The fourth-order valence-electron chi connectivity index (χ4n) is 14.3. The van der Waals surface area contributed by atoms with Crippen LogP contribution in [0.1, 0.15) is 0 Å². The molecule has 67 heavy (non-hydrogen) atoms. The Morgan fingerprint density at radius 3 is 0.985 bits per heavy atom. The molecule has 0 spiro atoms. The minimum absolute atomic E-state index is 0.0785. The van der Waals surface area contributed by atoms with Gasteiger partial charge in [0.25, 0.3) is 13.4 Å². The van der Waals surface area contributed by atoms with Gasteiger partial charge < -0.3 is 18.3 Å². The van der Waals surface area contributed by atoms with Gasteiger partial charge in [0.05, 0.1) is 44.1 Å². The van der Waals surface area contributed by atoms with E-state index in [1.807, 2.05) is 11.3 Å². The van der Waals surface area contributed by atoms with Crippen molar-refractivity contribution >= 4 is 165 Å². The van der Waals surface area contributed by atoms with Crippen molar-refractivity contribution in [2.24, 2.45) is 0 Å². The molecular weight excluding hydrogens is 830 g/mol. The molecule has 302 valence electrons. The summed E-state index contributed by atoms with van der Waals surface area (Å²) < 4.78 is 13.0. The molecule has 4 nitrogen and oxygen atoms in total. The Labute approximate surface area is 385 Å². The number of rotatable bonds is 0. The van der Waals surface area contributed by atoms with E-state index in [0.717, 1.165) is 0 Å². The molecule has 0 atom stereocenters. The molecule has 0 fully saturated rings. The Morgan fingerprint density at radius 1 is 0.269 bits per heavy atom. The van der Waals surface area contributed by atoms with Gasteiger partial charge in [0.2, 0.25) is 0 Å². The number of hydrogen-bond donors (Lipinski definition) is 0. The van der Waals surface area contributed by atoms with Crippen molar-refractivity contribution in [2.45, 2.75) is 0 Å². The average molecular weight is 861 g/mol. The highest BCUT2D eigenvalue weighted by atomic mass is 32.1. The van der Waals surface area contributed by atoms with E-state index in [2.05, 4.69) is 200 Å². The van der Waals surface area contributed by atoms with Crippen LogP contribution in [-0.2, 0) is 0 Å². The molecule has 0 bridgehead atoms. The van der Waals surface area contributed by atoms with E-state index in [1.165, 1.54) is 163 Å². The van der Waals surface area contributed by atoms with Crippen molar-refractivity contribution < 1.29 is 0 Å². The largest absolute Gasteiger partial charge is 0.310 e. The third-order valence-electron chi connectivity index (χ3n) is 16.7. The summed E-state index contributed by atoms with van der Waals surface area (Å²) >= 11 is 1.95. The SMILES string of the molecule is c1ccc2c(c1)B1c3cc4c(cc3-n3c5ccccc5c5cc6c7ccccc7n-2c6c1c53)sc1cc2c(cc14)B1c3ccccc3-n3c4ccccc4c4cc5c6ccccc6n-2c5c1c43. The maximum atomic E-state index is 2.62. The van der Waals surface area contributed by atoms with Gasteiger partial charge in [-0.25, -0.2) is 0 Å². The molecular formula is C60H30B2N4S. The first-order chi connectivity index (χ1) is 33.3. The molecule has 15 aromatic rings. The first-order valence-electron chi connectivity index (χ1n) is 23.5. The van der Waals surface area contributed by atoms with E-state index in [4.69, 9.17) is 0 Å². The second-order valence-electron chi connectivity index (χ2n) is 19.5. The number of fused-ring (bicyclic) bond motifs is 27. The Morgan fingerprint density at radius 2 is 0.597 bits per heavy atom. The molecule has 4 aliphatic rings. The van der Waals surface area contributed by atoms with Crippen molar-refractivity contribution in [3.05, 3.63) is 182 Å². The molecule has 0 unspecified atom stereocenters. The van der Waals surface area contributed by atoms with E-state index in [9.17, 15) is 0 Å². The van der Waals surface area contributed by atoms with Gasteiger partial charge in [0.1, 0.15) is 0 Å². The molecule has 0 aliphatic carbocycles. The van der Waals surface area contributed by atoms with Crippen LogP contribution in [0, 0.1) is 0 Å². The average Bonchev–Trinajstić information content (AvgIpc) is 4.18. The minimum atomic E-state index is 0.0785. The summed E-state index contributed by atoms with van der Waals surface area (Å²) in [5, 5.41) is 13.3. The molecule has 7 heteroatoms. The van der Waals surface area contributed by atoms with Crippen LogP contribution in [0.2, 0.25) is 0 Å². The van der Waals surface area contributed by atoms with E-state index < -0.39 is 0 Å². The Bertz CT molecular complexity index is 4650. The van der Waals surface area contributed by atoms with E-state index in [-0.39, 0.29) is 13.4 Å². The topological polar surface area (TPSA) is 19.7 Å². The number of nitrogens with zero attached hydrogens (tertiary/aromatic N) is 4. The van der Waals surface area contributed by atoms with Crippen LogP contribution >= 0.6 is 11.3 Å². The van der Waals surface area contributed by atoms with Gasteiger partial charge in [-0.05, 0) is 104 Å². The molecule has 9 heterocycles. The van der Waals surface area contributed by atoms with E-state index in [0.29, 0.717) is 0 Å². The third-order valence-corrected chi connectivity index (χ3v) is 17.8. The van der Waals surface area contributed by atoms with Gasteiger partial charge in [-0.1, -0.05) is 121 Å². The lowest BCUT2D eigenvalue weighted by Gasteiger charge is -2.33. The summed E-state index contributed by atoms with van der Waals surface area (Å²) in [4.78, 5) is 0. The molecule has 10 aromatic carbocycles. The van der Waals surface area contributed by atoms with E-state index in [1.54, 1.807) is 0 Å². The van der Waals surface area contributed by atoms with Crippen LogP contribution < -0.4 is 32.8 Å². The number of benzene rings is 10. The van der Waals surface area contributed by atoms with Gasteiger partial charge >= 0.3 is 0 Å². The second kappa shape index (κ2) is 10.9. The zero-order chi connectivity index (χ0) is 42.7. The molecule has 0 radical (unpaired) electrons. The van der Waals surface area contributed by atoms with Gasteiger partial charge in [-0.15, -0.1) is 11.3 Å². The monoisotopic (exact) mass is 860 g/mol. The van der Waals surface area contributed by atoms with E-state index >= 15 is 0 Å². The van der Waals surface area contributed by atoms with Crippen molar-refractivity contribution in [2.75, 3.05) is 0 Å². The molecule has 5 aromatic heterocycles. The molecule has 0 saturated carbocycles. The molecule has 0 N–H and O–H groups in total. The fraction of sp³-hybridized carbons (Fsp3) is 0. The number of hydrogen-bond acceptors (Lipinski definition) is 1. The summed E-state index contributed by atoms with van der Waals surface area (Å²) in [6, 6.07) is 70.0. The molecule has 19 rings (SSSR count). The van der Waals surface area contributed by atoms with Crippen molar-refractivity contribution in [3.63, 3.8) is 0 Å². The van der Waals surface area contributed by atoms with Crippen molar-refractivity contribution in [1.82, 2.24) is 18.3 Å². The lowest BCUT2D eigenvalue weighted by atomic mass is 9.34. The summed E-state index contributed by atoms with van der Waals surface area (Å²) in [7, 11) is 0. The summed E-state index contributed by atoms with van der Waals surface area (Å²) in [5.41, 5.74) is 24.0. The highest BCUT2D eigenvalue weighted by molar-refractivity contribution is 7.26. The van der Waals surface area contributed by atoms with Gasteiger partial charge in [-0.3, -0.25) is 0 Å². The second-order valence-corrected chi connectivity index (χ2v) is 20.6. The van der Waals surface area contributed by atoms with Crippen LogP contribution in [0.3, 0.4) is 0 Å². The number of thiophene rings is 1. The third kappa shape index (κ3) is 3.52. The standard InChI is InChI=1S/C60H30B2N4S/c1-7-19-45-31(13-1)37-25-39-33-15-3-9-21-47(33)65-51-29-53-35(27-43(51)61-41-17-5-11-23-49(41)63(45)57(37)55(61)59(39)65)36-28-44-52(30-54(36)67-53)66-48-22-10-4-16-34(48)40-26-38-32-14-2-8-20-46(32)64-50-24-12-6-18-42(50)62(44)56(58(38)64)60(40)66/h1-30H. The van der Waals surface area contributed by atoms with Gasteiger partial charge in [0, 0.05) is 75.2 Å². The number of aromatic nitrogens is 4. The smallest absolute Gasteiger partial charge is 0.252 e. The predicted molar refractivity (Wildman–Crippen MR) is 286 cm³/mol. The normalized spacial score (nSPS) is 13.9. The predicted octanol–water partition coefficient (Wildman–Crippen LogP) is 10.7. The van der Waals surface area contributed by atoms with Crippen LogP contribution in [0.4, 0.5) is 0 Å². The van der Waals surface area contributed by atoms with Crippen LogP contribution in [0.5, 0.6) is 0 Å². The van der Waals surface area contributed by atoms with Gasteiger partial charge in [-0.2, -0.15) is 0 Å². The summed E-state index contributed by atoms with van der Waals surface area (Å²) in [5.74, 6) is 0. The first kappa shape index (κ1) is 33.3. The Balaban J connectivity index is 0.969. The minimum Gasteiger partial charge on any atom is -0.310 e. The Kier molecular flexibility index (Phi) is 5.40. The molecule has 0 amide bonds. The number of para-hydroxylation sites is 6. The maximum absolute atomic E-state index is 2.62. The van der Waals surface area contributed by atoms with Crippen LogP contribution in [0.15, 0.2) is 182 Å². The summed E-state index contributed by atoms with van der Waals surface area (Å²) in [6.07, 6.45) is 0. The van der Waals surface area contributed by atoms with Gasteiger partial charge in [0.15, 0.2) is 0 Å². The van der Waals surface area contributed by atoms with Crippen LogP contribution in [0.25, 0.3) is 130 Å². The fourth-order valence-corrected chi connectivity index (χ4v) is 15.5. The zero-order valence-corrected chi connectivity index (χ0v) is 36.5. The lowest BCUT2D eigenvalue weighted by molar-refractivity contribution is 1.17. The highest BCUT2D eigenvalue weighted by Crippen LogP contribution is 2.46. The highest BCUT2D eigenvalue weighted by Gasteiger charge is 2.44. The quantitative estimate of drug-likeness (QED) is 0.135. The van der Waals surface area contributed by atoms with Crippen molar-refractivity contribution in [3.8, 4) is 22.7 Å². The molecule has 4 aliphatic heterocycles. The first-order valence-corrected chi connectivity index (χ1v) is 24.3. The Hall–Kier alpha value is -8.25. The van der Waals surface area contributed by atoms with Crippen LogP contribution in [-0.4, -0.2) is 31.7 Å².